The summed E-state index contributed by atoms with van der Waals surface area (Å²) in [4.78, 5) is 21.1. The summed E-state index contributed by atoms with van der Waals surface area (Å²) in [5, 5.41) is 0. The first-order chi connectivity index (χ1) is 6.06. The zero-order valence-corrected chi connectivity index (χ0v) is 7.91. The number of hydrogen-bond donors (Lipinski definition) is 0. The molecule has 0 bridgehead atoms. The van der Waals surface area contributed by atoms with Crippen molar-refractivity contribution in [3.8, 4) is 0 Å². The Hall–Kier alpha value is -1.16. The van der Waals surface area contributed by atoms with Gasteiger partial charge in [-0.2, -0.15) is 0 Å². The zero-order chi connectivity index (χ0) is 10.3. The van der Waals surface area contributed by atoms with Gasteiger partial charge in [-0.3, -0.25) is 4.79 Å². The van der Waals surface area contributed by atoms with Gasteiger partial charge in [0.05, 0.1) is 6.61 Å². The second kappa shape index (κ2) is 6.37. The van der Waals surface area contributed by atoms with Gasteiger partial charge in [0.25, 0.3) is 0 Å². The fourth-order valence-electron chi connectivity index (χ4n) is 0.614. The number of ether oxygens (including phenoxy) is 2. The van der Waals surface area contributed by atoms with E-state index in [4.69, 9.17) is 9.47 Å². The van der Waals surface area contributed by atoms with Crippen molar-refractivity contribution >= 4 is 11.8 Å². The molecule has 0 amide bonds. The molecule has 0 fully saturated rings. The molecule has 4 nitrogen and oxygen atoms in total. The summed E-state index contributed by atoms with van der Waals surface area (Å²) in [5.41, 5.74) is 0. The van der Waals surface area contributed by atoms with Crippen molar-refractivity contribution in [1.29, 1.82) is 0 Å². The Morgan fingerprint density at radius 1 is 1.54 bits per heavy atom. The van der Waals surface area contributed by atoms with Gasteiger partial charge in [0.2, 0.25) is 0 Å². The molecule has 0 aromatic rings. The van der Waals surface area contributed by atoms with Crippen LogP contribution in [0, 0.1) is 0 Å². The molecular formula is C9H14O4. The Balaban J connectivity index is 3.51. The summed E-state index contributed by atoms with van der Waals surface area (Å²) in [5.74, 6) is -0.488. The summed E-state index contributed by atoms with van der Waals surface area (Å²) in [6.07, 6.45) is 0.755. The van der Waals surface area contributed by atoms with Gasteiger partial charge in [-0.25, -0.2) is 4.79 Å². The summed E-state index contributed by atoms with van der Waals surface area (Å²) in [6, 6.07) is 0. The largest absolute Gasteiger partial charge is 0.433 e. The number of hydrogen-bond acceptors (Lipinski definition) is 4. The molecule has 4 heteroatoms. The third-order valence-electron chi connectivity index (χ3n) is 1.26. The predicted octanol–water partition coefficient (Wildman–Crippen LogP) is 1.06. The number of carbonyl (C=O) groups excluding carboxylic acids is 2. The van der Waals surface area contributed by atoms with E-state index in [0.29, 0.717) is 6.42 Å². The highest BCUT2D eigenvalue weighted by atomic mass is 16.7. The fourth-order valence-corrected chi connectivity index (χ4v) is 0.614. The van der Waals surface area contributed by atoms with Crippen molar-refractivity contribution in [3.05, 3.63) is 12.7 Å². The van der Waals surface area contributed by atoms with Gasteiger partial charge < -0.3 is 9.47 Å². The maximum Gasteiger partial charge on any atom is 0.332 e. The quantitative estimate of drug-likeness (QED) is 0.353. The van der Waals surface area contributed by atoms with Crippen LogP contribution in [0.25, 0.3) is 0 Å². The van der Waals surface area contributed by atoms with Crippen LogP contribution in [0.4, 0.5) is 0 Å². The standard InChI is InChI=1S/C9H14O4/c1-4-9(11)13-8(3)12-6-5-7(2)10/h4,8H,1,5-6H2,2-3H3. The van der Waals surface area contributed by atoms with Crippen LogP contribution in [-0.4, -0.2) is 24.6 Å². The number of ketones is 1. The molecule has 0 aliphatic rings. The van der Waals surface area contributed by atoms with Gasteiger partial charge in [-0.15, -0.1) is 0 Å². The number of rotatable bonds is 6. The minimum Gasteiger partial charge on any atom is -0.433 e. The Morgan fingerprint density at radius 2 is 2.15 bits per heavy atom. The van der Waals surface area contributed by atoms with E-state index in [1.807, 2.05) is 0 Å². The van der Waals surface area contributed by atoms with Crippen molar-refractivity contribution < 1.29 is 19.1 Å². The zero-order valence-electron chi connectivity index (χ0n) is 7.91. The molecule has 1 unspecified atom stereocenters. The molecule has 0 aromatic heterocycles. The van der Waals surface area contributed by atoms with Gasteiger partial charge in [0, 0.05) is 12.5 Å². The van der Waals surface area contributed by atoms with Gasteiger partial charge in [-0.05, 0) is 13.8 Å². The first-order valence-electron chi connectivity index (χ1n) is 4.00. The molecule has 74 valence electrons. The lowest BCUT2D eigenvalue weighted by molar-refractivity contribution is -0.168. The molecule has 0 N–H and O–H groups in total. The highest BCUT2D eigenvalue weighted by Gasteiger charge is 2.06. The van der Waals surface area contributed by atoms with Gasteiger partial charge in [-0.1, -0.05) is 6.58 Å². The molecule has 0 saturated carbocycles. The van der Waals surface area contributed by atoms with Crippen LogP contribution < -0.4 is 0 Å². The third-order valence-corrected chi connectivity index (χ3v) is 1.26. The predicted molar refractivity (Wildman–Crippen MR) is 47.0 cm³/mol. The first-order valence-corrected chi connectivity index (χ1v) is 4.00. The molecule has 0 aromatic carbocycles. The molecule has 0 radical (unpaired) electrons. The van der Waals surface area contributed by atoms with Crippen LogP contribution >= 0.6 is 0 Å². The van der Waals surface area contributed by atoms with Crippen molar-refractivity contribution in [2.75, 3.05) is 6.61 Å². The smallest absolute Gasteiger partial charge is 0.332 e. The highest BCUT2D eigenvalue weighted by Crippen LogP contribution is 1.96. The van der Waals surface area contributed by atoms with E-state index >= 15 is 0 Å². The van der Waals surface area contributed by atoms with Gasteiger partial charge in [0.1, 0.15) is 5.78 Å². The molecule has 0 aliphatic heterocycles. The minimum atomic E-state index is -0.634. The van der Waals surface area contributed by atoms with Crippen molar-refractivity contribution in [2.24, 2.45) is 0 Å². The Bertz CT molecular complexity index is 198. The summed E-state index contributed by atoms with van der Waals surface area (Å²) in [6.45, 7) is 6.56. The van der Waals surface area contributed by atoms with Crippen LogP contribution in [0.3, 0.4) is 0 Å². The number of carbonyl (C=O) groups is 2. The SMILES string of the molecule is C=CC(=O)OC(C)OCCC(C)=O. The van der Waals surface area contributed by atoms with Crippen molar-refractivity contribution in [3.63, 3.8) is 0 Å². The molecule has 0 spiro atoms. The average molecular weight is 186 g/mol. The van der Waals surface area contributed by atoms with Crippen LogP contribution in [0.2, 0.25) is 0 Å². The topological polar surface area (TPSA) is 52.6 Å². The molecule has 1 atom stereocenters. The molecule has 0 rings (SSSR count). The summed E-state index contributed by atoms with van der Waals surface area (Å²) >= 11 is 0. The van der Waals surface area contributed by atoms with E-state index < -0.39 is 12.3 Å². The average Bonchev–Trinajstić information content (AvgIpc) is 2.03. The molecule has 0 aliphatic carbocycles. The highest BCUT2D eigenvalue weighted by molar-refractivity contribution is 5.81. The van der Waals surface area contributed by atoms with E-state index in [0.717, 1.165) is 6.08 Å². The van der Waals surface area contributed by atoms with Crippen LogP contribution in [0.1, 0.15) is 20.3 Å². The van der Waals surface area contributed by atoms with Crippen molar-refractivity contribution in [1.82, 2.24) is 0 Å². The Labute approximate surface area is 77.5 Å². The molecular weight excluding hydrogens is 172 g/mol. The molecule has 0 heterocycles. The monoisotopic (exact) mass is 186 g/mol. The van der Waals surface area contributed by atoms with E-state index in [9.17, 15) is 9.59 Å². The summed E-state index contributed by atoms with van der Waals surface area (Å²) in [7, 11) is 0. The lowest BCUT2D eigenvalue weighted by Crippen LogP contribution is -2.17. The maximum absolute atomic E-state index is 10.6. The lowest BCUT2D eigenvalue weighted by Gasteiger charge is -2.11. The first kappa shape index (κ1) is 11.8. The third kappa shape index (κ3) is 7.21. The van der Waals surface area contributed by atoms with Gasteiger partial charge in [0.15, 0.2) is 6.29 Å². The van der Waals surface area contributed by atoms with Crippen molar-refractivity contribution in [2.45, 2.75) is 26.6 Å². The Morgan fingerprint density at radius 3 is 2.62 bits per heavy atom. The van der Waals surface area contributed by atoms with E-state index in [-0.39, 0.29) is 12.4 Å². The van der Waals surface area contributed by atoms with E-state index in [2.05, 4.69) is 6.58 Å². The number of esters is 1. The molecule has 13 heavy (non-hydrogen) atoms. The normalized spacial score (nSPS) is 11.8. The second-order valence-corrected chi connectivity index (χ2v) is 2.53. The van der Waals surface area contributed by atoms with Crippen LogP contribution in [0.5, 0.6) is 0 Å². The minimum absolute atomic E-state index is 0.0437. The van der Waals surface area contributed by atoms with Crippen LogP contribution in [-0.2, 0) is 19.1 Å². The van der Waals surface area contributed by atoms with E-state index in [1.165, 1.54) is 6.92 Å². The fraction of sp³-hybridized carbons (Fsp3) is 0.556. The Kier molecular flexibility index (Phi) is 5.80. The lowest BCUT2D eigenvalue weighted by atomic mass is 10.3. The maximum atomic E-state index is 10.6. The molecule has 0 saturated heterocycles. The number of Topliss-reactive ketones (excluding diaryl/α,β-unsaturated/α-hetero) is 1. The van der Waals surface area contributed by atoms with Crippen LogP contribution in [0.15, 0.2) is 12.7 Å². The summed E-state index contributed by atoms with van der Waals surface area (Å²) < 4.78 is 9.70. The van der Waals surface area contributed by atoms with E-state index in [1.54, 1.807) is 6.92 Å². The second-order valence-electron chi connectivity index (χ2n) is 2.53. The van der Waals surface area contributed by atoms with Gasteiger partial charge >= 0.3 is 5.97 Å².